The van der Waals surface area contributed by atoms with E-state index in [4.69, 9.17) is 4.74 Å². The van der Waals surface area contributed by atoms with Crippen LogP contribution in [0.4, 0.5) is 0 Å². The minimum atomic E-state index is -1.23. The lowest BCUT2D eigenvalue weighted by Gasteiger charge is -2.25. The summed E-state index contributed by atoms with van der Waals surface area (Å²) in [5, 5.41) is 13.9. The van der Waals surface area contributed by atoms with Crippen molar-refractivity contribution in [3.63, 3.8) is 0 Å². The SMILES string of the molecule is CCCCCCCCCCCCC/C=C/C(NCc1ccccc1)C(O)C(=O)OC(C)(C)C. The molecule has 4 heteroatoms. The van der Waals surface area contributed by atoms with Crippen LogP contribution in [0.5, 0.6) is 0 Å². The second-order valence-corrected chi connectivity index (χ2v) is 10.1. The van der Waals surface area contributed by atoms with E-state index in [-0.39, 0.29) is 0 Å². The van der Waals surface area contributed by atoms with Crippen molar-refractivity contribution in [1.82, 2.24) is 5.32 Å². The smallest absolute Gasteiger partial charge is 0.337 e. The summed E-state index contributed by atoms with van der Waals surface area (Å²) in [6, 6.07) is 9.52. The van der Waals surface area contributed by atoms with E-state index >= 15 is 0 Å². The number of aliphatic hydroxyl groups is 1. The van der Waals surface area contributed by atoms with E-state index in [2.05, 4.69) is 18.3 Å². The van der Waals surface area contributed by atoms with Crippen LogP contribution >= 0.6 is 0 Å². The fraction of sp³-hybridized carbons (Fsp3) is 0.690. The standard InChI is InChI=1S/C29H49NO3/c1-5-6-7-8-9-10-11-12-13-14-15-16-20-23-26(27(31)28(32)33-29(2,3)4)30-24-25-21-18-17-19-22-25/h17-23,26-27,30-31H,5-16,24H2,1-4H3/b23-20+. The molecule has 2 N–H and O–H groups in total. The molecule has 33 heavy (non-hydrogen) atoms. The van der Waals surface area contributed by atoms with Crippen LogP contribution in [-0.4, -0.2) is 28.8 Å². The summed E-state index contributed by atoms with van der Waals surface area (Å²) in [6.07, 6.45) is 18.3. The largest absolute Gasteiger partial charge is 0.458 e. The van der Waals surface area contributed by atoms with Crippen molar-refractivity contribution in [2.24, 2.45) is 0 Å². The minimum absolute atomic E-state index is 0.479. The van der Waals surface area contributed by atoms with E-state index in [0.717, 1.165) is 18.4 Å². The summed E-state index contributed by atoms with van der Waals surface area (Å²) < 4.78 is 5.39. The molecule has 0 bridgehead atoms. The average Bonchev–Trinajstić information content (AvgIpc) is 2.78. The highest BCUT2D eigenvalue weighted by atomic mass is 16.6. The molecular weight excluding hydrogens is 410 g/mol. The van der Waals surface area contributed by atoms with Gasteiger partial charge in [0.25, 0.3) is 0 Å². The maximum Gasteiger partial charge on any atom is 0.337 e. The Kier molecular flexibility index (Phi) is 15.8. The first-order valence-electron chi connectivity index (χ1n) is 13.2. The molecule has 0 aromatic heterocycles. The molecule has 2 atom stereocenters. The zero-order valence-electron chi connectivity index (χ0n) is 21.7. The Morgan fingerprint density at radius 3 is 2.03 bits per heavy atom. The Balaban J connectivity index is 2.36. The number of hydrogen-bond acceptors (Lipinski definition) is 4. The third-order valence-corrected chi connectivity index (χ3v) is 5.69. The average molecular weight is 460 g/mol. The molecule has 4 nitrogen and oxygen atoms in total. The maximum atomic E-state index is 12.4. The molecule has 0 saturated heterocycles. The predicted molar refractivity (Wildman–Crippen MR) is 139 cm³/mol. The molecule has 1 rings (SSSR count). The molecule has 1 aromatic rings. The maximum absolute atomic E-state index is 12.4. The van der Waals surface area contributed by atoms with Crippen molar-refractivity contribution in [2.45, 2.75) is 129 Å². The van der Waals surface area contributed by atoms with E-state index in [1.807, 2.05) is 57.2 Å². The fourth-order valence-corrected chi connectivity index (χ4v) is 3.79. The molecule has 2 unspecified atom stereocenters. The number of unbranched alkanes of at least 4 members (excludes halogenated alkanes) is 11. The van der Waals surface area contributed by atoms with Gasteiger partial charge in [-0.25, -0.2) is 4.79 Å². The van der Waals surface area contributed by atoms with Gasteiger partial charge >= 0.3 is 5.97 Å². The molecule has 0 spiro atoms. The van der Waals surface area contributed by atoms with Gasteiger partial charge in [-0.1, -0.05) is 114 Å². The van der Waals surface area contributed by atoms with E-state index < -0.39 is 23.7 Å². The summed E-state index contributed by atoms with van der Waals surface area (Å²) in [4.78, 5) is 12.4. The molecule has 0 aliphatic rings. The summed E-state index contributed by atoms with van der Waals surface area (Å²) in [5.41, 5.74) is 0.485. The van der Waals surface area contributed by atoms with Crippen molar-refractivity contribution in [3.8, 4) is 0 Å². The van der Waals surface area contributed by atoms with Gasteiger partial charge in [0.15, 0.2) is 6.10 Å². The van der Waals surface area contributed by atoms with Gasteiger partial charge in [-0.15, -0.1) is 0 Å². The lowest BCUT2D eigenvalue weighted by atomic mass is 10.0. The zero-order chi connectivity index (χ0) is 24.4. The van der Waals surface area contributed by atoms with Crippen molar-refractivity contribution in [3.05, 3.63) is 48.0 Å². The number of allylic oxidation sites excluding steroid dienone is 1. The monoisotopic (exact) mass is 459 g/mol. The van der Waals surface area contributed by atoms with Crippen LogP contribution in [0.25, 0.3) is 0 Å². The number of benzene rings is 1. The third kappa shape index (κ3) is 15.8. The minimum Gasteiger partial charge on any atom is -0.458 e. The Hall–Kier alpha value is -1.65. The van der Waals surface area contributed by atoms with Crippen LogP contribution in [0, 0.1) is 0 Å². The molecule has 0 heterocycles. The lowest BCUT2D eigenvalue weighted by molar-refractivity contribution is -0.165. The lowest BCUT2D eigenvalue weighted by Crippen LogP contribution is -2.45. The summed E-state index contributed by atoms with van der Waals surface area (Å²) in [7, 11) is 0. The first kappa shape index (κ1) is 29.4. The van der Waals surface area contributed by atoms with Crippen LogP contribution in [-0.2, 0) is 16.1 Å². The van der Waals surface area contributed by atoms with Gasteiger partial charge in [0.05, 0.1) is 6.04 Å². The van der Waals surface area contributed by atoms with Crippen molar-refractivity contribution in [2.75, 3.05) is 0 Å². The van der Waals surface area contributed by atoms with Gasteiger partial charge in [-0.05, 0) is 39.2 Å². The second-order valence-electron chi connectivity index (χ2n) is 10.1. The molecule has 1 aromatic carbocycles. The van der Waals surface area contributed by atoms with Gasteiger partial charge in [0.1, 0.15) is 5.60 Å². The molecule has 0 saturated carbocycles. The van der Waals surface area contributed by atoms with E-state index in [0.29, 0.717) is 6.54 Å². The number of nitrogens with one attached hydrogen (secondary N) is 1. The summed E-state index contributed by atoms with van der Waals surface area (Å²) in [6.45, 7) is 8.28. The van der Waals surface area contributed by atoms with Crippen LogP contribution in [0.2, 0.25) is 0 Å². The third-order valence-electron chi connectivity index (χ3n) is 5.69. The number of carbonyl (C=O) groups excluding carboxylic acids is 1. The number of ether oxygens (including phenoxy) is 1. The van der Waals surface area contributed by atoms with Crippen molar-refractivity contribution < 1.29 is 14.6 Å². The van der Waals surface area contributed by atoms with Crippen molar-refractivity contribution in [1.29, 1.82) is 0 Å². The van der Waals surface area contributed by atoms with E-state index in [9.17, 15) is 9.90 Å². The van der Waals surface area contributed by atoms with Gasteiger partial charge in [-0.3, -0.25) is 0 Å². The first-order chi connectivity index (χ1) is 15.8. The quantitative estimate of drug-likeness (QED) is 0.140. The number of rotatable bonds is 18. The van der Waals surface area contributed by atoms with Gasteiger partial charge in [0.2, 0.25) is 0 Å². The Bertz CT molecular complexity index is 636. The van der Waals surface area contributed by atoms with E-state index in [1.165, 1.54) is 64.2 Å². The van der Waals surface area contributed by atoms with Crippen molar-refractivity contribution >= 4 is 5.97 Å². The van der Waals surface area contributed by atoms with Crippen LogP contribution in [0.3, 0.4) is 0 Å². The highest BCUT2D eigenvalue weighted by molar-refractivity contribution is 5.76. The van der Waals surface area contributed by atoms with Gasteiger partial charge in [-0.2, -0.15) is 0 Å². The fourth-order valence-electron chi connectivity index (χ4n) is 3.79. The predicted octanol–water partition coefficient (Wildman–Crippen LogP) is 7.10. The number of hydrogen-bond donors (Lipinski definition) is 2. The zero-order valence-corrected chi connectivity index (χ0v) is 21.7. The Labute approximate surface area is 203 Å². The Morgan fingerprint density at radius 2 is 1.48 bits per heavy atom. The Morgan fingerprint density at radius 1 is 0.939 bits per heavy atom. The molecule has 188 valence electrons. The molecule has 0 fully saturated rings. The van der Waals surface area contributed by atoms with E-state index in [1.54, 1.807) is 0 Å². The van der Waals surface area contributed by atoms with Crippen LogP contribution in [0.1, 0.15) is 110 Å². The highest BCUT2D eigenvalue weighted by Gasteiger charge is 2.28. The molecule has 0 amide bonds. The number of esters is 1. The van der Waals surface area contributed by atoms with Gasteiger partial charge < -0.3 is 15.2 Å². The number of aliphatic hydroxyl groups excluding tert-OH is 1. The van der Waals surface area contributed by atoms with Crippen LogP contribution in [0.15, 0.2) is 42.5 Å². The molecule has 0 radical (unpaired) electrons. The molecular formula is C29H49NO3. The normalized spacial score (nSPS) is 13.8. The number of carbonyl (C=O) groups is 1. The molecule has 0 aliphatic heterocycles. The first-order valence-corrected chi connectivity index (χ1v) is 13.2. The summed E-state index contributed by atoms with van der Waals surface area (Å²) in [5.74, 6) is -0.590. The van der Waals surface area contributed by atoms with Gasteiger partial charge in [0, 0.05) is 6.54 Å². The molecule has 0 aliphatic carbocycles. The second kappa shape index (κ2) is 17.8. The highest BCUT2D eigenvalue weighted by Crippen LogP contribution is 2.14. The van der Waals surface area contributed by atoms with Crippen LogP contribution < -0.4 is 5.32 Å². The topological polar surface area (TPSA) is 58.6 Å². The summed E-state index contributed by atoms with van der Waals surface area (Å²) >= 11 is 0.